The maximum atomic E-state index is 12.6. The Morgan fingerprint density at radius 3 is 2.48 bits per heavy atom. The van der Waals surface area contributed by atoms with Gasteiger partial charge in [-0.1, -0.05) is 43.3 Å². The van der Waals surface area contributed by atoms with Gasteiger partial charge >= 0.3 is 0 Å². The van der Waals surface area contributed by atoms with Crippen molar-refractivity contribution in [2.45, 2.75) is 38.8 Å². The van der Waals surface area contributed by atoms with Crippen LogP contribution >= 0.6 is 11.8 Å². The number of hydrogen-bond acceptors (Lipinski definition) is 3. The number of carbonyl (C=O) groups is 2. The quantitative estimate of drug-likeness (QED) is 0.757. The molecule has 2 aromatic rings. The summed E-state index contributed by atoms with van der Waals surface area (Å²) in [5, 5.41) is 8.19. The van der Waals surface area contributed by atoms with Gasteiger partial charge in [-0.25, -0.2) is 0 Å². The van der Waals surface area contributed by atoms with E-state index in [1.54, 1.807) is 18.7 Å². The third kappa shape index (κ3) is 5.49. The van der Waals surface area contributed by atoms with Crippen molar-refractivity contribution in [3.63, 3.8) is 0 Å². The molecule has 5 heteroatoms. The number of carbonyl (C=O) groups excluding carboxylic acids is 2. The molecular formula is C20H26N2O2S. The minimum absolute atomic E-state index is 0.0976. The van der Waals surface area contributed by atoms with Crippen molar-refractivity contribution >= 4 is 34.3 Å². The van der Waals surface area contributed by atoms with E-state index in [1.807, 2.05) is 31.4 Å². The summed E-state index contributed by atoms with van der Waals surface area (Å²) >= 11 is 1.67. The molecular weight excluding hydrogens is 332 g/mol. The van der Waals surface area contributed by atoms with Crippen LogP contribution in [0.2, 0.25) is 0 Å². The summed E-state index contributed by atoms with van der Waals surface area (Å²) in [6.07, 6.45) is 3.00. The number of nitrogens with one attached hydrogen (secondary N) is 2. The highest BCUT2D eigenvalue weighted by atomic mass is 32.2. The molecule has 0 heterocycles. The van der Waals surface area contributed by atoms with E-state index in [9.17, 15) is 9.59 Å². The minimum Gasteiger partial charge on any atom is -0.348 e. The van der Waals surface area contributed by atoms with Gasteiger partial charge < -0.3 is 10.6 Å². The summed E-state index contributed by atoms with van der Waals surface area (Å²) in [5.41, 5.74) is 1.05. The van der Waals surface area contributed by atoms with Gasteiger partial charge in [-0.2, -0.15) is 11.8 Å². The van der Waals surface area contributed by atoms with Crippen LogP contribution in [0.15, 0.2) is 42.5 Å². The second-order valence-electron chi connectivity index (χ2n) is 6.09. The van der Waals surface area contributed by atoms with Gasteiger partial charge in [0, 0.05) is 6.42 Å². The van der Waals surface area contributed by atoms with Crippen LogP contribution in [0, 0.1) is 0 Å². The summed E-state index contributed by atoms with van der Waals surface area (Å²) in [5.74, 6) is 0.600. The van der Waals surface area contributed by atoms with Crippen molar-refractivity contribution in [2.24, 2.45) is 0 Å². The molecule has 0 aliphatic heterocycles. The second kappa shape index (κ2) is 9.47. The normalized spacial score (nSPS) is 13.2. The van der Waals surface area contributed by atoms with E-state index < -0.39 is 6.04 Å². The molecule has 0 aromatic heterocycles. The molecule has 0 fully saturated rings. The van der Waals surface area contributed by atoms with Crippen molar-refractivity contribution in [3.05, 3.63) is 48.0 Å². The fraction of sp³-hybridized carbons (Fsp3) is 0.400. The molecule has 2 N–H and O–H groups in total. The molecule has 0 bridgehead atoms. The van der Waals surface area contributed by atoms with Crippen LogP contribution in [0.3, 0.4) is 0 Å². The molecule has 2 amide bonds. The molecule has 2 rings (SSSR count). The van der Waals surface area contributed by atoms with Gasteiger partial charge in [-0.15, -0.1) is 0 Å². The molecule has 0 aliphatic rings. The molecule has 0 spiro atoms. The number of benzene rings is 2. The molecule has 0 saturated heterocycles. The van der Waals surface area contributed by atoms with Crippen LogP contribution in [0.4, 0.5) is 0 Å². The lowest BCUT2D eigenvalue weighted by atomic mass is 10.0. The van der Waals surface area contributed by atoms with Gasteiger partial charge in [0.2, 0.25) is 11.8 Å². The Kier molecular flexibility index (Phi) is 7.31. The Morgan fingerprint density at radius 1 is 1.08 bits per heavy atom. The van der Waals surface area contributed by atoms with Crippen molar-refractivity contribution in [1.82, 2.24) is 10.6 Å². The lowest BCUT2D eigenvalue weighted by molar-refractivity contribution is -0.129. The number of amides is 2. The molecule has 134 valence electrons. The van der Waals surface area contributed by atoms with Crippen LogP contribution < -0.4 is 10.6 Å². The van der Waals surface area contributed by atoms with Gasteiger partial charge in [-0.3, -0.25) is 9.59 Å². The summed E-state index contributed by atoms with van der Waals surface area (Å²) in [6.45, 7) is 3.76. The van der Waals surface area contributed by atoms with E-state index in [2.05, 4.69) is 34.9 Å². The first-order valence-electron chi connectivity index (χ1n) is 8.62. The van der Waals surface area contributed by atoms with Gasteiger partial charge in [0.1, 0.15) is 6.04 Å². The van der Waals surface area contributed by atoms with Crippen LogP contribution in [-0.2, 0) is 9.59 Å². The Morgan fingerprint density at radius 2 is 1.80 bits per heavy atom. The standard InChI is InChI=1S/C20H26N2O2S/c1-4-19(23)22-18(11-12-25-3)20(24)21-14(2)16-10-9-15-7-5-6-8-17(15)13-16/h5-10,13-14,18H,4,11-12H2,1-3H3,(H,21,24)(H,22,23). The number of hydrogen-bond donors (Lipinski definition) is 2. The topological polar surface area (TPSA) is 58.2 Å². The molecule has 2 unspecified atom stereocenters. The second-order valence-corrected chi connectivity index (χ2v) is 7.08. The van der Waals surface area contributed by atoms with E-state index >= 15 is 0 Å². The monoisotopic (exact) mass is 358 g/mol. The smallest absolute Gasteiger partial charge is 0.243 e. The lowest BCUT2D eigenvalue weighted by Gasteiger charge is -2.21. The first-order chi connectivity index (χ1) is 12.0. The van der Waals surface area contributed by atoms with Gasteiger partial charge in [0.15, 0.2) is 0 Å². The van der Waals surface area contributed by atoms with E-state index in [4.69, 9.17) is 0 Å². The SMILES string of the molecule is CCC(=O)NC(CCSC)C(=O)NC(C)c1ccc2ccccc2c1. The predicted octanol–water partition coefficient (Wildman–Crippen LogP) is 3.66. The highest BCUT2D eigenvalue weighted by molar-refractivity contribution is 7.98. The highest BCUT2D eigenvalue weighted by Crippen LogP contribution is 2.20. The maximum absolute atomic E-state index is 12.6. The largest absolute Gasteiger partial charge is 0.348 e. The molecule has 0 radical (unpaired) electrons. The lowest BCUT2D eigenvalue weighted by Crippen LogP contribution is -2.47. The number of rotatable bonds is 8. The molecule has 0 aliphatic carbocycles. The van der Waals surface area contributed by atoms with Gasteiger partial charge in [-0.05, 0) is 47.8 Å². The zero-order chi connectivity index (χ0) is 18.2. The van der Waals surface area contributed by atoms with Crippen LogP contribution in [-0.4, -0.2) is 29.9 Å². The zero-order valence-corrected chi connectivity index (χ0v) is 15.9. The molecule has 4 nitrogen and oxygen atoms in total. The maximum Gasteiger partial charge on any atom is 0.243 e. The Balaban J connectivity index is 2.07. The summed E-state index contributed by atoms with van der Waals surface area (Å²) < 4.78 is 0. The molecule has 0 saturated carbocycles. The van der Waals surface area contributed by atoms with E-state index in [1.165, 1.54) is 5.39 Å². The molecule has 2 atom stereocenters. The third-order valence-electron chi connectivity index (χ3n) is 4.22. The van der Waals surface area contributed by atoms with Crippen molar-refractivity contribution in [3.8, 4) is 0 Å². The van der Waals surface area contributed by atoms with Crippen LogP contribution in [0.1, 0.15) is 38.3 Å². The average molecular weight is 359 g/mol. The summed E-state index contributed by atoms with van der Waals surface area (Å²) in [4.78, 5) is 24.3. The first-order valence-corrected chi connectivity index (χ1v) is 10.0. The number of thioether (sulfide) groups is 1. The Bertz CT molecular complexity index is 732. The first kappa shape index (κ1) is 19.3. The van der Waals surface area contributed by atoms with Crippen LogP contribution in [0.5, 0.6) is 0 Å². The van der Waals surface area contributed by atoms with Gasteiger partial charge in [0.25, 0.3) is 0 Å². The molecule has 25 heavy (non-hydrogen) atoms. The average Bonchev–Trinajstić information content (AvgIpc) is 2.64. The van der Waals surface area contributed by atoms with Crippen molar-refractivity contribution in [1.29, 1.82) is 0 Å². The van der Waals surface area contributed by atoms with E-state index in [-0.39, 0.29) is 17.9 Å². The van der Waals surface area contributed by atoms with E-state index in [0.717, 1.165) is 16.7 Å². The predicted molar refractivity (Wildman–Crippen MR) is 106 cm³/mol. The third-order valence-corrected chi connectivity index (χ3v) is 4.86. The summed E-state index contributed by atoms with van der Waals surface area (Å²) in [6, 6.07) is 13.8. The van der Waals surface area contributed by atoms with Crippen molar-refractivity contribution < 1.29 is 9.59 Å². The van der Waals surface area contributed by atoms with Crippen LogP contribution in [0.25, 0.3) is 10.8 Å². The fourth-order valence-electron chi connectivity index (χ4n) is 2.68. The van der Waals surface area contributed by atoms with Crippen molar-refractivity contribution in [2.75, 3.05) is 12.0 Å². The Labute approximate surface area is 153 Å². The minimum atomic E-state index is -0.484. The van der Waals surface area contributed by atoms with Gasteiger partial charge in [0.05, 0.1) is 6.04 Å². The Hall–Kier alpha value is -2.01. The fourth-order valence-corrected chi connectivity index (χ4v) is 3.15. The highest BCUT2D eigenvalue weighted by Gasteiger charge is 2.21. The molecule has 2 aromatic carbocycles. The van der Waals surface area contributed by atoms with E-state index in [0.29, 0.717) is 12.8 Å². The zero-order valence-electron chi connectivity index (χ0n) is 15.0. The number of fused-ring (bicyclic) bond motifs is 1. The summed E-state index contributed by atoms with van der Waals surface area (Å²) in [7, 11) is 0.